The fourth-order valence-corrected chi connectivity index (χ4v) is 0.583. The molecule has 0 saturated carbocycles. The number of nitrogens with one attached hydrogen (secondary N) is 2. The number of hydrogen-bond donors (Lipinski definition) is 2. The lowest BCUT2D eigenvalue weighted by atomic mass is 10.3. The average Bonchev–Trinajstić information content (AvgIpc) is 2.01. The van der Waals surface area contributed by atoms with Crippen molar-refractivity contribution in [2.45, 2.75) is 19.8 Å². The summed E-state index contributed by atoms with van der Waals surface area (Å²) >= 11 is 0. The second kappa shape index (κ2) is 5.70. The van der Waals surface area contributed by atoms with Gasteiger partial charge in [0.25, 0.3) is 0 Å². The molecule has 0 aliphatic heterocycles. The smallest absolute Gasteiger partial charge is 0.239 e. The zero-order valence-electron chi connectivity index (χ0n) is 6.94. The molecule has 0 rings (SSSR count). The Morgan fingerprint density at radius 3 is 2.36 bits per heavy atom. The minimum absolute atomic E-state index is 0.0731. The lowest BCUT2D eigenvalue weighted by Crippen LogP contribution is -2.34. The van der Waals surface area contributed by atoms with Gasteiger partial charge in [-0.2, -0.15) is 0 Å². The summed E-state index contributed by atoms with van der Waals surface area (Å²) in [7, 11) is 1.54. The van der Waals surface area contributed by atoms with Gasteiger partial charge in [0.1, 0.15) is 0 Å². The molecule has 2 amide bonds. The number of rotatable bonds is 4. The van der Waals surface area contributed by atoms with E-state index in [9.17, 15) is 9.59 Å². The molecule has 4 heteroatoms. The van der Waals surface area contributed by atoms with Crippen LogP contribution in [-0.4, -0.2) is 25.4 Å². The largest absolute Gasteiger partial charge is 0.358 e. The molecule has 0 atom stereocenters. The van der Waals surface area contributed by atoms with E-state index in [0.29, 0.717) is 6.42 Å². The monoisotopic (exact) mass is 158 g/mol. The molecule has 0 heterocycles. The molecule has 4 nitrogen and oxygen atoms in total. The first-order chi connectivity index (χ1) is 5.20. The highest BCUT2D eigenvalue weighted by molar-refractivity contribution is 5.84. The van der Waals surface area contributed by atoms with Gasteiger partial charge in [-0.3, -0.25) is 9.59 Å². The minimum Gasteiger partial charge on any atom is -0.358 e. The summed E-state index contributed by atoms with van der Waals surface area (Å²) < 4.78 is 0. The van der Waals surface area contributed by atoms with Crippen molar-refractivity contribution in [2.24, 2.45) is 0 Å². The molecule has 0 radical (unpaired) electrons. The average molecular weight is 158 g/mol. The van der Waals surface area contributed by atoms with Crippen molar-refractivity contribution in [2.75, 3.05) is 13.6 Å². The van der Waals surface area contributed by atoms with Gasteiger partial charge in [-0.15, -0.1) is 0 Å². The van der Waals surface area contributed by atoms with Gasteiger partial charge < -0.3 is 10.6 Å². The van der Waals surface area contributed by atoms with E-state index in [0.717, 1.165) is 6.42 Å². The second-order valence-electron chi connectivity index (χ2n) is 2.20. The predicted octanol–water partition coefficient (Wildman–Crippen LogP) is -0.351. The van der Waals surface area contributed by atoms with Crippen LogP contribution in [0.4, 0.5) is 0 Å². The molecular formula is C7H14N2O2. The van der Waals surface area contributed by atoms with Crippen LogP contribution in [0.5, 0.6) is 0 Å². The predicted molar refractivity (Wildman–Crippen MR) is 42.0 cm³/mol. The maximum absolute atomic E-state index is 10.8. The summed E-state index contributed by atoms with van der Waals surface area (Å²) in [4.78, 5) is 21.4. The maximum atomic E-state index is 10.8. The Hall–Kier alpha value is -1.06. The highest BCUT2D eigenvalue weighted by atomic mass is 16.2. The van der Waals surface area contributed by atoms with Gasteiger partial charge >= 0.3 is 0 Å². The maximum Gasteiger partial charge on any atom is 0.239 e. The Morgan fingerprint density at radius 2 is 1.91 bits per heavy atom. The minimum atomic E-state index is -0.172. The van der Waals surface area contributed by atoms with Gasteiger partial charge in [0, 0.05) is 13.5 Å². The number of likely N-dealkylation sites (N-methyl/N-ethyl adjacent to an activating group) is 1. The Balaban J connectivity index is 3.38. The topological polar surface area (TPSA) is 58.2 Å². The van der Waals surface area contributed by atoms with Crippen LogP contribution in [0.15, 0.2) is 0 Å². The van der Waals surface area contributed by atoms with Crippen LogP contribution < -0.4 is 10.6 Å². The summed E-state index contributed by atoms with van der Waals surface area (Å²) in [5.41, 5.74) is 0. The molecule has 0 aromatic rings. The lowest BCUT2D eigenvalue weighted by molar-refractivity contribution is -0.125. The Bertz CT molecular complexity index is 145. The van der Waals surface area contributed by atoms with Crippen LogP contribution in [0.3, 0.4) is 0 Å². The van der Waals surface area contributed by atoms with Crippen molar-refractivity contribution in [3.63, 3.8) is 0 Å². The van der Waals surface area contributed by atoms with Crippen molar-refractivity contribution < 1.29 is 9.59 Å². The normalized spacial score (nSPS) is 8.91. The fraction of sp³-hybridized carbons (Fsp3) is 0.714. The molecular weight excluding hydrogens is 144 g/mol. The number of carbonyl (C=O) groups excluding carboxylic acids is 2. The molecule has 2 N–H and O–H groups in total. The number of carbonyl (C=O) groups is 2. The van der Waals surface area contributed by atoms with E-state index < -0.39 is 0 Å². The quantitative estimate of drug-likeness (QED) is 0.587. The molecule has 0 unspecified atom stereocenters. The first-order valence-corrected chi connectivity index (χ1v) is 3.68. The van der Waals surface area contributed by atoms with E-state index in [1.54, 1.807) is 0 Å². The van der Waals surface area contributed by atoms with Gasteiger partial charge in [-0.05, 0) is 6.42 Å². The van der Waals surface area contributed by atoms with Crippen LogP contribution >= 0.6 is 0 Å². The SMILES string of the molecule is CCCC(=O)NCC(=O)NC. The third kappa shape index (κ3) is 5.39. The summed E-state index contributed by atoms with van der Waals surface area (Å²) in [6, 6.07) is 0. The molecule has 0 aromatic heterocycles. The van der Waals surface area contributed by atoms with Crippen molar-refractivity contribution in [1.29, 1.82) is 0 Å². The molecule has 0 bridgehead atoms. The Labute approximate surface area is 66.4 Å². The highest BCUT2D eigenvalue weighted by Crippen LogP contribution is 1.84. The molecule has 0 aliphatic carbocycles. The number of amides is 2. The molecule has 64 valence electrons. The van der Waals surface area contributed by atoms with Gasteiger partial charge in [-0.25, -0.2) is 0 Å². The first-order valence-electron chi connectivity index (χ1n) is 3.68. The standard InChI is InChI=1S/C7H14N2O2/c1-3-4-6(10)9-5-7(11)8-2/h3-5H2,1-2H3,(H,8,11)(H,9,10). The summed E-state index contributed by atoms with van der Waals surface area (Å²) in [6.07, 6.45) is 1.29. The third-order valence-electron chi connectivity index (χ3n) is 1.20. The van der Waals surface area contributed by atoms with Gasteiger partial charge in [-0.1, -0.05) is 6.92 Å². The zero-order chi connectivity index (χ0) is 8.69. The van der Waals surface area contributed by atoms with Crippen LogP contribution in [0, 0.1) is 0 Å². The zero-order valence-corrected chi connectivity index (χ0v) is 6.94. The van der Waals surface area contributed by atoms with E-state index in [1.165, 1.54) is 7.05 Å². The van der Waals surface area contributed by atoms with Gasteiger partial charge in [0.05, 0.1) is 6.54 Å². The fourth-order valence-electron chi connectivity index (χ4n) is 0.583. The Kier molecular flexibility index (Phi) is 5.15. The Morgan fingerprint density at radius 1 is 1.27 bits per heavy atom. The highest BCUT2D eigenvalue weighted by Gasteiger charge is 2.00. The van der Waals surface area contributed by atoms with Gasteiger partial charge in [0.2, 0.25) is 11.8 Å². The van der Waals surface area contributed by atoms with E-state index >= 15 is 0 Å². The molecule has 0 fully saturated rings. The van der Waals surface area contributed by atoms with Crippen LogP contribution in [-0.2, 0) is 9.59 Å². The van der Waals surface area contributed by atoms with Gasteiger partial charge in [0.15, 0.2) is 0 Å². The molecule has 0 aliphatic rings. The van der Waals surface area contributed by atoms with Crippen LogP contribution in [0.25, 0.3) is 0 Å². The third-order valence-corrected chi connectivity index (χ3v) is 1.20. The van der Waals surface area contributed by atoms with Crippen LogP contribution in [0.1, 0.15) is 19.8 Å². The van der Waals surface area contributed by atoms with Crippen molar-refractivity contribution in [3.8, 4) is 0 Å². The van der Waals surface area contributed by atoms with Crippen molar-refractivity contribution in [3.05, 3.63) is 0 Å². The molecule has 11 heavy (non-hydrogen) atoms. The van der Waals surface area contributed by atoms with Crippen molar-refractivity contribution in [1.82, 2.24) is 10.6 Å². The number of hydrogen-bond acceptors (Lipinski definition) is 2. The van der Waals surface area contributed by atoms with Crippen molar-refractivity contribution >= 4 is 11.8 Å². The van der Waals surface area contributed by atoms with Crippen LogP contribution in [0.2, 0.25) is 0 Å². The summed E-state index contributed by atoms with van der Waals surface area (Å²) in [5.74, 6) is -0.245. The van der Waals surface area contributed by atoms with E-state index in [1.807, 2.05) is 6.92 Å². The lowest BCUT2D eigenvalue weighted by Gasteiger charge is -2.01. The molecule has 0 aromatic carbocycles. The first kappa shape index (κ1) is 9.94. The van der Waals surface area contributed by atoms with E-state index in [2.05, 4.69) is 10.6 Å². The van der Waals surface area contributed by atoms with E-state index in [-0.39, 0.29) is 18.4 Å². The summed E-state index contributed by atoms with van der Waals surface area (Å²) in [6.45, 7) is 1.99. The van der Waals surface area contributed by atoms with E-state index in [4.69, 9.17) is 0 Å². The second-order valence-corrected chi connectivity index (χ2v) is 2.20. The molecule has 0 spiro atoms. The summed E-state index contributed by atoms with van der Waals surface area (Å²) in [5, 5.41) is 4.89. The molecule has 0 saturated heterocycles.